The van der Waals surface area contributed by atoms with E-state index in [1.54, 1.807) is 30.7 Å². The number of halogens is 1. The molecule has 2 atom stereocenters. The summed E-state index contributed by atoms with van der Waals surface area (Å²) in [6.45, 7) is 1.81. The molecular weight excluding hydrogens is 365 g/mol. The van der Waals surface area contributed by atoms with E-state index >= 15 is 0 Å². The average molecular weight is 383 g/mol. The van der Waals surface area contributed by atoms with Crippen molar-refractivity contribution < 1.29 is 17.2 Å². The number of sulfone groups is 1. The Balaban J connectivity index is 1.46. The van der Waals surface area contributed by atoms with E-state index in [0.717, 1.165) is 22.3 Å². The van der Waals surface area contributed by atoms with Gasteiger partial charge in [-0.25, -0.2) is 12.8 Å². The molecular formula is C21H18FNO3S. The van der Waals surface area contributed by atoms with Crippen LogP contribution in [0.25, 0.3) is 11.1 Å². The molecule has 0 bridgehead atoms. The third kappa shape index (κ3) is 2.71. The van der Waals surface area contributed by atoms with Crippen molar-refractivity contribution in [1.82, 2.24) is 4.90 Å². The molecule has 3 heterocycles. The first-order valence-electron chi connectivity index (χ1n) is 8.89. The van der Waals surface area contributed by atoms with Crippen LogP contribution in [-0.4, -0.2) is 31.7 Å². The van der Waals surface area contributed by atoms with Gasteiger partial charge in [0.05, 0.1) is 22.7 Å². The third-order valence-electron chi connectivity index (χ3n) is 5.63. The molecule has 2 aliphatic heterocycles. The van der Waals surface area contributed by atoms with Crippen LogP contribution in [0.1, 0.15) is 17.0 Å². The molecule has 27 heavy (non-hydrogen) atoms. The van der Waals surface area contributed by atoms with Crippen LogP contribution >= 0.6 is 0 Å². The number of furan rings is 1. The quantitative estimate of drug-likeness (QED) is 0.690. The van der Waals surface area contributed by atoms with Crippen LogP contribution in [0.2, 0.25) is 0 Å². The molecule has 0 saturated carbocycles. The summed E-state index contributed by atoms with van der Waals surface area (Å²) < 4.78 is 44.3. The number of fused-ring (bicyclic) bond motifs is 3. The van der Waals surface area contributed by atoms with Crippen molar-refractivity contribution in [3.8, 4) is 11.1 Å². The van der Waals surface area contributed by atoms with Gasteiger partial charge >= 0.3 is 0 Å². The van der Waals surface area contributed by atoms with E-state index in [4.69, 9.17) is 4.42 Å². The van der Waals surface area contributed by atoms with E-state index < -0.39 is 15.1 Å². The first-order valence-corrected chi connectivity index (χ1v) is 10.4. The summed E-state index contributed by atoms with van der Waals surface area (Å²) in [5, 5.41) is -0.410. The van der Waals surface area contributed by atoms with Gasteiger partial charge in [-0.1, -0.05) is 18.2 Å². The van der Waals surface area contributed by atoms with Gasteiger partial charge in [0.15, 0.2) is 9.84 Å². The van der Waals surface area contributed by atoms with Crippen LogP contribution in [0.15, 0.2) is 70.4 Å². The average Bonchev–Trinajstić information content (AvgIpc) is 3.36. The maximum atomic E-state index is 13.1. The molecule has 1 aromatic heterocycles. The lowest BCUT2D eigenvalue weighted by Crippen LogP contribution is -2.25. The van der Waals surface area contributed by atoms with E-state index in [1.807, 2.05) is 18.2 Å². The second-order valence-corrected chi connectivity index (χ2v) is 9.41. The Bertz CT molecular complexity index is 1090. The van der Waals surface area contributed by atoms with Crippen LogP contribution < -0.4 is 0 Å². The zero-order chi connectivity index (χ0) is 18.6. The first kappa shape index (κ1) is 16.7. The summed E-state index contributed by atoms with van der Waals surface area (Å²) in [6.07, 6.45) is 3.28. The predicted octanol–water partition coefficient (Wildman–Crippen LogP) is 3.84. The molecule has 5 rings (SSSR count). The fourth-order valence-electron chi connectivity index (χ4n) is 4.31. The van der Waals surface area contributed by atoms with Crippen molar-refractivity contribution in [3.05, 3.63) is 78.0 Å². The Morgan fingerprint density at radius 2 is 1.85 bits per heavy atom. The molecule has 4 nitrogen and oxygen atoms in total. The monoisotopic (exact) mass is 383 g/mol. The van der Waals surface area contributed by atoms with Gasteiger partial charge in [-0.15, -0.1) is 0 Å². The van der Waals surface area contributed by atoms with Gasteiger partial charge in [0, 0.05) is 31.1 Å². The fraction of sp³-hybridized carbons (Fsp3) is 0.238. The Labute approximate surface area is 157 Å². The first-order chi connectivity index (χ1) is 13.0. The summed E-state index contributed by atoms with van der Waals surface area (Å²) in [5.41, 5.74) is 3.80. The minimum Gasteiger partial charge on any atom is -0.472 e. The Morgan fingerprint density at radius 3 is 2.59 bits per heavy atom. The third-order valence-corrected chi connectivity index (χ3v) is 7.89. The van der Waals surface area contributed by atoms with Gasteiger partial charge in [0.25, 0.3) is 0 Å². The highest BCUT2D eigenvalue weighted by atomic mass is 32.2. The van der Waals surface area contributed by atoms with Crippen LogP contribution in [0, 0.1) is 5.82 Å². The number of benzene rings is 2. The standard InChI is InChI=1S/C21H18FNO3S/c22-17-4-1-14(2-5-17)10-23-11-19-18-9-15(16-7-8-26-13-16)3-6-20(18)27(24,25)21(19)12-23/h1-9,13,19,21H,10-12H2/t19-,21+/m0/s1. The van der Waals surface area contributed by atoms with Gasteiger partial charge in [-0.2, -0.15) is 0 Å². The molecule has 6 heteroatoms. The summed E-state index contributed by atoms with van der Waals surface area (Å²) in [7, 11) is -3.33. The van der Waals surface area contributed by atoms with Gasteiger partial charge in [-0.05, 0) is 47.0 Å². The lowest BCUT2D eigenvalue weighted by molar-refractivity contribution is 0.325. The number of hydrogen-bond donors (Lipinski definition) is 0. The maximum absolute atomic E-state index is 13.1. The molecule has 0 aliphatic carbocycles. The van der Waals surface area contributed by atoms with Crippen molar-refractivity contribution in [2.45, 2.75) is 22.6 Å². The highest BCUT2D eigenvalue weighted by Crippen LogP contribution is 2.46. The van der Waals surface area contributed by atoms with E-state index in [2.05, 4.69) is 4.90 Å². The molecule has 1 saturated heterocycles. The van der Waals surface area contributed by atoms with Gasteiger partial charge in [0.1, 0.15) is 5.82 Å². The maximum Gasteiger partial charge on any atom is 0.183 e. The highest BCUT2D eigenvalue weighted by molar-refractivity contribution is 7.92. The summed E-state index contributed by atoms with van der Waals surface area (Å²) in [5.74, 6) is -0.294. The minimum absolute atomic E-state index is 0.0303. The van der Waals surface area contributed by atoms with E-state index in [0.29, 0.717) is 24.5 Å². The summed E-state index contributed by atoms with van der Waals surface area (Å²) in [6, 6.07) is 13.8. The second kappa shape index (κ2) is 6.04. The van der Waals surface area contributed by atoms with Gasteiger partial charge < -0.3 is 4.42 Å². The number of hydrogen-bond acceptors (Lipinski definition) is 4. The largest absolute Gasteiger partial charge is 0.472 e. The Hall–Kier alpha value is -2.44. The van der Waals surface area contributed by atoms with Crippen LogP contribution in [-0.2, 0) is 16.4 Å². The second-order valence-electron chi connectivity index (χ2n) is 7.28. The van der Waals surface area contributed by atoms with Crippen LogP contribution in [0.5, 0.6) is 0 Å². The van der Waals surface area contributed by atoms with E-state index in [-0.39, 0.29) is 11.7 Å². The van der Waals surface area contributed by atoms with Crippen molar-refractivity contribution in [2.24, 2.45) is 0 Å². The molecule has 0 radical (unpaired) electrons. The zero-order valence-electron chi connectivity index (χ0n) is 14.5. The molecule has 2 aliphatic rings. The van der Waals surface area contributed by atoms with Gasteiger partial charge in [0.2, 0.25) is 0 Å². The number of nitrogens with zero attached hydrogens (tertiary/aromatic N) is 1. The Kier molecular flexibility index (Phi) is 3.74. The normalized spacial score (nSPS) is 23.3. The van der Waals surface area contributed by atoms with Crippen molar-refractivity contribution in [1.29, 1.82) is 0 Å². The predicted molar refractivity (Wildman–Crippen MR) is 99.5 cm³/mol. The van der Waals surface area contributed by atoms with E-state index in [1.165, 1.54) is 12.1 Å². The van der Waals surface area contributed by atoms with Crippen molar-refractivity contribution >= 4 is 9.84 Å². The minimum atomic E-state index is -3.33. The van der Waals surface area contributed by atoms with Crippen LogP contribution in [0.4, 0.5) is 4.39 Å². The topological polar surface area (TPSA) is 50.5 Å². The van der Waals surface area contributed by atoms with Crippen molar-refractivity contribution in [2.75, 3.05) is 13.1 Å². The molecule has 0 amide bonds. The molecule has 2 aromatic carbocycles. The number of likely N-dealkylation sites (tertiary alicyclic amines) is 1. The highest BCUT2D eigenvalue weighted by Gasteiger charge is 2.50. The van der Waals surface area contributed by atoms with E-state index in [9.17, 15) is 12.8 Å². The molecule has 0 spiro atoms. The summed E-state index contributed by atoms with van der Waals surface area (Å²) >= 11 is 0. The van der Waals surface area contributed by atoms with Gasteiger partial charge in [-0.3, -0.25) is 4.90 Å². The van der Waals surface area contributed by atoms with Crippen molar-refractivity contribution in [3.63, 3.8) is 0 Å². The lowest BCUT2D eigenvalue weighted by atomic mass is 9.95. The lowest BCUT2D eigenvalue weighted by Gasteiger charge is -2.17. The number of rotatable bonds is 3. The SMILES string of the molecule is O=S1(=O)c2ccc(-c3ccoc3)cc2[C@@H]2CN(Cc3ccc(F)cc3)C[C@H]21. The summed E-state index contributed by atoms with van der Waals surface area (Å²) in [4.78, 5) is 2.61. The smallest absolute Gasteiger partial charge is 0.183 e. The molecule has 0 N–H and O–H groups in total. The molecule has 1 fully saturated rings. The Morgan fingerprint density at radius 1 is 1.04 bits per heavy atom. The van der Waals surface area contributed by atoms with Crippen LogP contribution in [0.3, 0.4) is 0 Å². The molecule has 3 aromatic rings. The molecule has 138 valence electrons. The molecule has 0 unspecified atom stereocenters. The zero-order valence-corrected chi connectivity index (χ0v) is 15.3. The fourth-order valence-corrected chi connectivity index (χ4v) is 6.51.